The van der Waals surface area contributed by atoms with E-state index in [1.54, 1.807) is 0 Å². The van der Waals surface area contributed by atoms with E-state index >= 15 is 0 Å². The highest BCUT2D eigenvalue weighted by Crippen LogP contribution is 2.06. The average Bonchev–Trinajstić information content (AvgIpc) is 2.59. The van der Waals surface area contributed by atoms with Crippen LogP contribution in [0.5, 0.6) is 0 Å². The molecule has 0 aliphatic carbocycles. The number of amides is 2. The third kappa shape index (κ3) is 4.18. The smallest absolute Gasteiger partial charge is 0.236 e. The number of hydrogen-bond donors (Lipinski definition) is 3. The summed E-state index contributed by atoms with van der Waals surface area (Å²) in [6.07, 6.45) is 2.03. The third-order valence-electron chi connectivity index (χ3n) is 2.67. The second kappa shape index (κ2) is 5.84. The van der Waals surface area contributed by atoms with Crippen LogP contribution in [-0.2, 0) is 9.59 Å². The molecule has 0 aromatic heterocycles. The van der Waals surface area contributed by atoms with Gasteiger partial charge in [0.2, 0.25) is 11.8 Å². The second-order valence-corrected chi connectivity index (χ2v) is 4.78. The van der Waals surface area contributed by atoms with Crippen molar-refractivity contribution in [2.45, 2.75) is 45.2 Å². The van der Waals surface area contributed by atoms with Gasteiger partial charge in [-0.3, -0.25) is 9.59 Å². The number of hydrogen-bond acceptors (Lipinski definition) is 3. The molecule has 2 atom stereocenters. The zero-order chi connectivity index (χ0) is 12.1. The van der Waals surface area contributed by atoms with E-state index in [0.717, 1.165) is 6.42 Å². The lowest BCUT2D eigenvalue weighted by atomic mass is 10.0. The fourth-order valence-electron chi connectivity index (χ4n) is 1.80. The van der Waals surface area contributed by atoms with Gasteiger partial charge in [-0.15, -0.1) is 0 Å². The van der Waals surface area contributed by atoms with Crippen LogP contribution in [0.25, 0.3) is 0 Å². The summed E-state index contributed by atoms with van der Waals surface area (Å²) >= 11 is 0. The third-order valence-corrected chi connectivity index (χ3v) is 2.67. The number of nitrogens with one attached hydrogen (secondary N) is 2. The van der Waals surface area contributed by atoms with E-state index in [-0.39, 0.29) is 17.9 Å². The Morgan fingerprint density at radius 1 is 1.62 bits per heavy atom. The molecule has 1 rings (SSSR count). The maximum atomic E-state index is 11.6. The molecule has 0 spiro atoms. The van der Waals surface area contributed by atoms with E-state index in [0.29, 0.717) is 25.3 Å². The normalized spacial score (nSPS) is 22.0. The van der Waals surface area contributed by atoms with Gasteiger partial charge in [-0.2, -0.15) is 0 Å². The number of carbonyl (C=O) groups excluding carboxylic acids is 2. The van der Waals surface area contributed by atoms with Gasteiger partial charge in [0.1, 0.15) is 0 Å². The maximum absolute atomic E-state index is 11.6. The van der Waals surface area contributed by atoms with Crippen molar-refractivity contribution in [3.05, 3.63) is 0 Å². The molecule has 1 saturated heterocycles. The molecule has 92 valence electrons. The molecule has 0 saturated carbocycles. The fraction of sp³-hybridized carbons (Fsp3) is 0.818. The molecule has 1 aliphatic heterocycles. The highest BCUT2D eigenvalue weighted by Gasteiger charge is 2.22. The lowest BCUT2D eigenvalue weighted by Crippen LogP contribution is -2.46. The van der Waals surface area contributed by atoms with Crippen molar-refractivity contribution in [3.63, 3.8) is 0 Å². The molecule has 16 heavy (non-hydrogen) atoms. The Kier molecular flexibility index (Phi) is 4.73. The zero-order valence-electron chi connectivity index (χ0n) is 9.95. The summed E-state index contributed by atoms with van der Waals surface area (Å²) in [5.41, 5.74) is 5.73. The summed E-state index contributed by atoms with van der Waals surface area (Å²) in [4.78, 5) is 22.5. The molecule has 0 radical (unpaired) electrons. The van der Waals surface area contributed by atoms with Crippen LogP contribution < -0.4 is 16.4 Å². The predicted molar refractivity (Wildman–Crippen MR) is 61.6 cm³/mol. The van der Waals surface area contributed by atoms with Crippen LogP contribution in [0.15, 0.2) is 0 Å². The summed E-state index contributed by atoms with van der Waals surface area (Å²) in [6.45, 7) is 4.55. The van der Waals surface area contributed by atoms with Crippen molar-refractivity contribution >= 4 is 11.8 Å². The predicted octanol–water partition coefficient (Wildman–Crippen LogP) is -0.245. The van der Waals surface area contributed by atoms with Gasteiger partial charge in [0.15, 0.2) is 0 Å². The Morgan fingerprint density at radius 2 is 2.31 bits per heavy atom. The van der Waals surface area contributed by atoms with Gasteiger partial charge in [-0.05, 0) is 18.8 Å². The first-order valence-corrected chi connectivity index (χ1v) is 5.81. The summed E-state index contributed by atoms with van der Waals surface area (Å²) < 4.78 is 0. The molecule has 1 aliphatic rings. The number of carbonyl (C=O) groups is 2. The van der Waals surface area contributed by atoms with E-state index in [1.807, 2.05) is 13.8 Å². The molecule has 0 bridgehead atoms. The van der Waals surface area contributed by atoms with Crippen LogP contribution in [0.1, 0.15) is 33.1 Å². The Bertz CT molecular complexity index is 266. The minimum Gasteiger partial charge on any atom is -0.353 e. The van der Waals surface area contributed by atoms with E-state index in [4.69, 9.17) is 5.73 Å². The maximum Gasteiger partial charge on any atom is 0.236 e. The van der Waals surface area contributed by atoms with Crippen molar-refractivity contribution < 1.29 is 9.59 Å². The highest BCUT2D eigenvalue weighted by atomic mass is 16.2. The van der Waals surface area contributed by atoms with Gasteiger partial charge in [-0.1, -0.05) is 13.8 Å². The molecule has 0 aromatic carbocycles. The van der Waals surface area contributed by atoms with Crippen molar-refractivity contribution in [1.82, 2.24) is 10.6 Å². The molecule has 2 amide bonds. The van der Waals surface area contributed by atoms with Gasteiger partial charge >= 0.3 is 0 Å². The summed E-state index contributed by atoms with van der Waals surface area (Å²) in [5, 5.41) is 5.57. The molecule has 5 nitrogen and oxygen atoms in total. The van der Waals surface area contributed by atoms with Crippen LogP contribution in [0.4, 0.5) is 0 Å². The lowest BCUT2D eigenvalue weighted by molar-refractivity contribution is -0.123. The van der Waals surface area contributed by atoms with E-state index in [9.17, 15) is 9.59 Å². The first-order chi connectivity index (χ1) is 7.49. The molecule has 0 aromatic rings. The number of nitrogens with two attached hydrogens (primary N) is 1. The van der Waals surface area contributed by atoms with Crippen molar-refractivity contribution in [2.75, 3.05) is 6.54 Å². The summed E-state index contributed by atoms with van der Waals surface area (Å²) in [6, 6.07) is -0.375. The molecule has 2 unspecified atom stereocenters. The van der Waals surface area contributed by atoms with Gasteiger partial charge in [0.25, 0.3) is 0 Å². The quantitative estimate of drug-likeness (QED) is 0.606. The van der Waals surface area contributed by atoms with Crippen molar-refractivity contribution in [3.8, 4) is 0 Å². The molecular weight excluding hydrogens is 206 g/mol. The fourth-order valence-corrected chi connectivity index (χ4v) is 1.80. The Labute approximate surface area is 96.1 Å². The number of rotatable bonds is 5. The monoisotopic (exact) mass is 227 g/mol. The minimum absolute atomic E-state index is 0.0609. The Hall–Kier alpha value is -1.10. The van der Waals surface area contributed by atoms with Gasteiger partial charge in [0.05, 0.1) is 6.04 Å². The molecule has 1 fully saturated rings. The minimum atomic E-state index is -0.447. The van der Waals surface area contributed by atoms with E-state index in [1.165, 1.54) is 0 Å². The van der Waals surface area contributed by atoms with Crippen LogP contribution in [0.3, 0.4) is 0 Å². The molecule has 5 heteroatoms. The SMILES string of the molecule is CC(C)CC(N)C(=O)NCC1CCC(=O)N1. The average molecular weight is 227 g/mol. The highest BCUT2D eigenvalue weighted by molar-refractivity contribution is 5.82. The van der Waals surface area contributed by atoms with Crippen molar-refractivity contribution in [2.24, 2.45) is 11.7 Å². The van der Waals surface area contributed by atoms with Crippen LogP contribution >= 0.6 is 0 Å². The van der Waals surface area contributed by atoms with Crippen molar-refractivity contribution in [1.29, 1.82) is 0 Å². The standard InChI is InChI=1S/C11H21N3O2/c1-7(2)5-9(12)11(16)13-6-8-3-4-10(15)14-8/h7-9H,3-6,12H2,1-2H3,(H,13,16)(H,14,15). The van der Waals surface area contributed by atoms with Gasteiger partial charge < -0.3 is 16.4 Å². The summed E-state index contributed by atoms with van der Waals surface area (Å²) in [5.74, 6) is 0.340. The van der Waals surface area contributed by atoms with Gasteiger partial charge in [0, 0.05) is 19.0 Å². The molecule has 4 N–H and O–H groups in total. The first-order valence-electron chi connectivity index (χ1n) is 5.81. The van der Waals surface area contributed by atoms with Crippen LogP contribution in [0.2, 0.25) is 0 Å². The topological polar surface area (TPSA) is 84.2 Å². The zero-order valence-corrected chi connectivity index (χ0v) is 9.95. The summed E-state index contributed by atoms with van der Waals surface area (Å²) in [7, 11) is 0. The second-order valence-electron chi connectivity index (χ2n) is 4.78. The van der Waals surface area contributed by atoms with E-state index in [2.05, 4.69) is 10.6 Å². The van der Waals surface area contributed by atoms with Gasteiger partial charge in [-0.25, -0.2) is 0 Å². The van der Waals surface area contributed by atoms with Crippen LogP contribution in [-0.4, -0.2) is 30.4 Å². The first kappa shape index (κ1) is 13.0. The lowest BCUT2D eigenvalue weighted by Gasteiger charge is -2.16. The Morgan fingerprint density at radius 3 is 2.81 bits per heavy atom. The van der Waals surface area contributed by atoms with E-state index < -0.39 is 6.04 Å². The van der Waals surface area contributed by atoms with Crippen LogP contribution in [0, 0.1) is 5.92 Å². The molecular formula is C11H21N3O2. The largest absolute Gasteiger partial charge is 0.353 e. The molecule has 1 heterocycles. The Balaban J connectivity index is 2.21.